The summed E-state index contributed by atoms with van der Waals surface area (Å²) in [5.74, 6) is -0.361. The van der Waals surface area contributed by atoms with Gasteiger partial charge in [-0.05, 0) is 63.8 Å². The number of hydrogen-bond donors (Lipinski definition) is 1. The number of piperidine rings is 2. The van der Waals surface area contributed by atoms with Gasteiger partial charge in [-0.25, -0.2) is 12.7 Å². The maximum atomic E-state index is 13.5. The normalized spacial score (nSPS) is 23.6. The van der Waals surface area contributed by atoms with Crippen LogP contribution in [0.4, 0.5) is 11.4 Å². The maximum absolute atomic E-state index is 13.5. The van der Waals surface area contributed by atoms with Crippen molar-refractivity contribution in [3.05, 3.63) is 18.2 Å². The smallest absolute Gasteiger partial charge is 0.250 e. The Bertz CT molecular complexity index is 1030. The van der Waals surface area contributed by atoms with Crippen LogP contribution < -0.4 is 15.1 Å². The van der Waals surface area contributed by atoms with Gasteiger partial charge in [-0.3, -0.25) is 19.4 Å². The third-order valence-corrected chi connectivity index (χ3v) is 9.15. The third-order valence-electron chi connectivity index (χ3n) is 7.34. The monoisotopic (exact) mass is 491 g/mol. The summed E-state index contributed by atoms with van der Waals surface area (Å²) in [7, 11) is -0.708. The van der Waals surface area contributed by atoms with Crippen LogP contribution in [0.25, 0.3) is 0 Å². The standard InChI is InChI=1S/C24H37N5O4S/c1-18-8-4-6-13-27(18)15-12-25-23(30)17-29-22-16-19(34(32,33)26(2)3)10-11-20(22)28-14-7-5-9-21(28)24(29)31/h10-11,16,18,21H,4-9,12-15,17H2,1-3H3,(H,25,30)/t18-,21+/m0/s1. The van der Waals surface area contributed by atoms with Crippen LogP contribution in [-0.4, -0.2) is 88.3 Å². The van der Waals surface area contributed by atoms with Crippen molar-refractivity contribution in [2.75, 3.05) is 56.6 Å². The minimum absolute atomic E-state index is 0.114. The highest BCUT2D eigenvalue weighted by Crippen LogP contribution is 2.40. The first-order valence-corrected chi connectivity index (χ1v) is 13.8. The van der Waals surface area contributed by atoms with E-state index in [1.807, 2.05) is 0 Å². The van der Waals surface area contributed by atoms with E-state index >= 15 is 0 Å². The highest BCUT2D eigenvalue weighted by Gasteiger charge is 2.40. The largest absolute Gasteiger partial charge is 0.358 e. The van der Waals surface area contributed by atoms with Gasteiger partial charge in [-0.15, -0.1) is 0 Å². The Hall–Kier alpha value is -2.17. The molecule has 2 atom stereocenters. The molecule has 4 rings (SSSR count). The number of hydrogen-bond acceptors (Lipinski definition) is 6. The van der Waals surface area contributed by atoms with Gasteiger partial charge in [0.15, 0.2) is 0 Å². The van der Waals surface area contributed by atoms with Gasteiger partial charge in [0.05, 0.1) is 16.3 Å². The molecule has 1 N–H and O–H groups in total. The number of nitrogens with one attached hydrogen (secondary N) is 1. The number of nitrogens with zero attached hydrogens (tertiary/aromatic N) is 4. The van der Waals surface area contributed by atoms with E-state index in [0.29, 0.717) is 18.3 Å². The minimum Gasteiger partial charge on any atom is -0.358 e. The summed E-state index contributed by atoms with van der Waals surface area (Å²) in [5.41, 5.74) is 1.31. The SMILES string of the molecule is C[C@H]1CCCCN1CCNC(=O)CN1C(=O)[C@H]2CCCCN2c2ccc(S(=O)(=O)N(C)C)cc21. The van der Waals surface area contributed by atoms with Gasteiger partial charge in [-0.2, -0.15) is 0 Å². The number of fused-ring (bicyclic) bond motifs is 3. The summed E-state index contributed by atoms with van der Waals surface area (Å²) >= 11 is 0. The Morgan fingerprint density at radius 1 is 1.09 bits per heavy atom. The predicted octanol–water partition coefficient (Wildman–Crippen LogP) is 1.63. The van der Waals surface area contributed by atoms with Crippen molar-refractivity contribution in [1.29, 1.82) is 0 Å². The van der Waals surface area contributed by atoms with E-state index in [-0.39, 0.29) is 29.3 Å². The van der Waals surface area contributed by atoms with Gasteiger partial charge in [0.1, 0.15) is 12.6 Å². The second-order valence-corrected chi connectivity index (χ2v) is 11.9. The first kappa shape index (κ1) is 24.9. The average Bonchev–Trinajstić information content (AvgIpc) is 2.82. The van der Waals surface area contributed by atoms with Crippen molar-refractivity contribution in [3.63, 3.8) is 0 Å². The van der Waals surface area contributed by atoms with Gasteiger partial charge in [-0.1, -0.05) is 6.42 Å². The zero-order valence-electron chi connectivity index (χ0n) is 20.5. The fraction of sp³-hybridized carbons (Fsp3) is 0.667. The summed E-state index contributed by atoms with van der Waals surface area (Å²) in [6.07, 6.45) is 6.31. The molecule has 34 heavy (non-hydrogen) atoms. The molecule has 3 aliphatic heterocycles. The molecule has 1 aromatic rings. The minimum atomic E-state index is -3.67. The molecule has 3 heterocycles. The second-order valence-electron chi connectivity index (χ2n) is 9.80. The number of likely N-dealkylation sites (tertiary alicyclic amines) is 1. The Balaban J connectivity index is 1.53. The van der Waals surface area contributed by atoms with E-state index in [9.17, 15) is 18.0 Å². The van der Waals surface area contributed by atoms with E-state index in [0.717, 1.165) is 48.9 Å². The second kappa shape index (κ2) is 10.2. The Morgan fingerprint density at radius 2 is 1.82 bits per heavy atom. The van der Waals surface area contributed by atoms with E-state index in [2.05, 4.69) is 22.0 Å². The van der Waals surface area contributed by atoms with Crippen LogP contribution in [0.5, 0.6) is 0 Å². The number of anilines is 2. The number of carbonyl (C=O) groups is 2. The van der Waals surface area contributed by atoms with Crippen molar-refractivity contribution in [3.8, 4) is 0 Å². The maximum Gasteiger partial charge on any atom is 0.250 e. The molecule has 0 unspecified atom stereocenters. The Kier molecular flexibility index (Phi) is 7.49. The first-order chi connectivity index (χ1) is 16.2. The molecule has 10 heteroatoms. The van der Waals surface area contributed by atoms with Crippen molar-refractivity contribution in [2.45, 2.75) is 62.4 Å². The molecule has 0 aliphatic carbocycles. The molecule has 0 radical (unpaired) electrons. The van der Waals surface area contributed by atoms with E-state index in [1.54, 1.807) is 12.1 Å². The molecule has 1 aromatic carbocycles. The van der Waals surface area contributed by atoms with Gasteiger partial charge in [0.2, 0.25) is 21.8 Å². The molecule has 2 saturated heterocycles. The molecule has 0 spiro atoms. The van der Waals surface area contributed by atoms with Crippen molar-refractivity contribution >= 4 is 33.2 Å². The van der Waals surface area contributed by atoms with E-state index in [4.69, 9.17) is 0 Å². The van der Waals surface area contributed by atoms with Crippen molar-refractivity contribution < 1.29 is 18.0 Å². The van der Waals surface area contributed by atoms with E-state index in [1.165, 1.54) is 44.3 Å². The molecule has 0 bridgehead atoms. The molecule has 2 fully saturated rings. The van der Waals surface area contributed by atoms with Crippen LogP contribution in [0.1, 0.15) is 45.4 Å². The van der Waals surface area contributed by atoms with Crippen LogP contribution in [0.15, 0.2) is 23.1 Å². The number of carbonyl (C=O) groups excluding carboxylic acids is 2. The molecular weight excluding hydrogens is 454 g/mol. The van der Waals surface area contributed by atoms with E-state index < -0.39 is 10.0 Å². The highest BCUT2D eigenvalue weighted by atomic mass is 32.2. The lowest BCUT2D eigenvalue weighted by Gasteiger charge is -2.45. The number of rotatable bonds is 7. The number of sulfonamides is 1. The summed E-state index contributed by atoms with van der Waals surface area (Å²) in [6, 6.07) is 5.12. The zero-order valence-corrected chi connectivity index (χ0v) is 21.3. The molecule has 2 amide bonds. The summed E-state index contributed by atoms with van der Waals surface area (Å²) < 4.78 is 26.7. The molecular formula is C24H37N5O4S. The first-order valence-electron chi connectivity index (χ1n) is 12.4. The fourth-order valence-electron chi connectivity index (χ4n) is 5.30. The fourth-order valence-corrected chi connectivity index (χ4v) is 6.22. The van der Waals surface area contributed by atoms with Crippen molar-refractivity contribution in [1.82, 2.24) is 14.5 Å². The summed E-state index contributed by atoms with van der Waals surface area (Å²) in [6.45, 7) is 5.23. The lowest BCUT2D eigenvalue weighted by atomic mass is 9.96. The van der Waals surface area contributed by atoms with Crippen LogP contribution in [-0.2, 0) is 19.6 Å². The quantitative estimate of drug-likeness (QED) is 0.623. The molecule has 0 saturated carbocycles. The highest BCUT2D eigenvalue weighted by molar-refractivity contribution is 7.89. The zero-order chi connectivity index (χ0) is 24.5. The van der Waals surface area contributed by atoms with Crippen LogP contribution in [0.3, 0.4) is 0 Å². The van der Waals surface area contributed by atoms with Gasteiger partial charge in [0, 0.05) is 39.8 Å². The van der Waals surface area contributed by atoms with Crippen LogP contribution in [0, 0.1) is 0 Å². The lowest BCUT2D eigenvalue weighted by Crippen LogP contribution is -2.57. The molecule has 3 aliphatic rings. The molecule has 0 aromatic heterocycles. The third kappa shape index (κ3) is 4.94. The lowest BCUT2D eigenvalue weighted by molar-refractivity contribution is -0.125. The van der Waals surface area contributed by atoms with Gasteiger partial charge in [0.25, 0.3) is 0 Å². The van der Waals surface area contributed by atoms with Gasteiger partial charge >= 0.3 is 0 Å². The summed E-state index contributed by atoms with van der Waals surface area (Å²) in [5, 5.41) is 2.97. The van der Waals surface area contributed by atoms with Crippen molar-refractivity contribution in [2.24, 2.45) is 0 Å². The predicted molar refractivity (Wildman–Crippen MR) is 133 cm³/mol. The van der Waals surface area contributed by atoms with Crippen LogP contribution in [0.2, 0.25) is 0 Å². The summed E-state index contributed by atoms with van der Waals surface area (Å²) in [4.78, 5) is 32.4. The Labute approximate surface area is 203 Å². The Morgan fingerprint density at radius 3 is 2.56 bits per heavy atom. The average molecular weight is 492 g/mol. The topological polar surface area (TPSA) is 93.3 Å². The number of amides is 2. The van der Waals surface area contributed by atoms with Gasteiger partial charge < -0.3 is 10.2 Å². The molecule has 9 nitrogen and oxygen atoms in total. The number of benzene rings is 1. The van der Waals surface area contributed by atoms with Crippen LogP contribution >= 0.6 is 0 Å². The molecule has 188 valence electrons.